The van der Waals surface area contributed by atoms with E-state index in [4.69, 9.17) is 89.8 Å². The second-order valence-corrected chi connectivity index (χ2v) is 35.1. The number of phosphoric acid groups is 1. The van der Waals surface area contributed by atoms with Gasteiger partial charge in [0.15, 0.2) is 6.23 Å². The van der Waals surface area contributed by atoms with E-state index in [-0.39, 0.29) is 106 Å². The van der Waals surface area contributed by atoms with Crippen LogP contribution in [-0.4, -0.2) is 154 Å². The quantitative estimate of drug-likeness (QED) is 0.0152. The summed E-state index contributed by atoms with van der Waals surface area (Å²) in [5, 5.41) is 37.9. The number of nitrogens with one attached hydrogen (secondary N) is 2. The van der Waals surface area contributed by atoms with Gasteiger partial charge in [0.2, 0.25) is 41.4 Å². The summed E-state index contributed by atoms with van der Waals surface area (Å²) >= 11 is 0. The Balaban J connectivity index is 0.00000565. The molecule has 6 aliphatic rings. The molecule has 35 nitrogen and oxygen atoms in total. The minimum absolute atomic E-state index is 0. The topological polar surface area (TPSA) is 564 Å². The van der Waals surface area contributed by atoms with Crippen LogP contribution in [0.2, 0.25) is 0 Å². The number of fused-ring (bicyclic) bond motifs is 7. The number of imidazole rings is 1. The predicted molar refractivity (Wildman–Crippen MR) is 423 cm³/mol. The number of allylic oxidation sites excluding steroid dienone is 6. The summed E-state index contributed by atoms with van der Waals surface area (Å²) in [5.74, 6) is -8.48. The first kappa shape index (κ1) is 92.6. The van der Waals surface area contributed by atoms with Crippen LogP contribution >= 0.6 is 7.82 Å². The van der Waals surface area contributed by atoms with Crippen molar-refractivity contribution >= 4 is 89.4 Å². The summed E-state index contributed by atoms with van der Waals surface area (Å²) in [6.07, 6.45) is -4.82. The van der Waals surface area contributed by atoms with Gasteiger partial charge in [-0.15, -0.1) is 5.10 Å². The third-order valence-electron chi connectivity index (χ3n) is 23.9. The van der Waals surface area contributed by atoms with E-state index in [1.54, 1.807) is 63.5 Å². The fraction of sp³-hybridized carbons (Fsp3) is 0.575. The Bertz CT molecular complexity index is 4780. The molecular weight excluding hydrogens is 1570 g/mol. The number of carbonyl (C=O) groups is 9. The first-order valence-electron chi connectivity index (χ1n) is 38.6. The molecule has 0 aliphatic carbocycles. The average Bonchev–Trinajstić information content (AvgIpc) is 1.53. The molecule has 117 heavy (non-hydrogen) atoms. The predicted octanol–water partition coefficient (Wildman–Crippen LogP) is 5.89. The number of amides is 8. The summed E-state index contributed by atoms with van der Waals surface area (Å²) in [7, 11) is -5.51. The first-order chi connectivity index (χ1) is 54.2. The number of aliphatic hydroxyl groups is 1. The van der Waals surface area contributed by atoms with E-state index in [1.807, 2.05) is 79.7 Å². The summed E-state index contributed by atoms with van der Waals surface area (Å²) in [5.41, 5.74) is 36.5. The molecule has 1 unspecified atom stereocenters. The standard InChI is InChI=1S/C79H110N17O17P.CN.Co/c1-40-28-52-54(29-41(40)2)96(39-87-52)71-66(104)67(55(110-71)37-95-36-46(93-94-95)38-109-72(105)53(30-45-18-16-15-17-19-45)89-73(106)111-74(6,7)8)113-114(107,108)112-42(3)35-86-63(103)26-27-76(11)50(31-60(83)100)70-79(14)78(13,34-62(85)102)49(22-25-59(82)99)65(92-79)44(5)69-77(12,33-61(84)101)47(20-23-57(80)97)51(88-69)32-56-75(9,10)48(21-24-58(81)98)64(90-56)43(4)68(76)91-70;1-2;/h15-19,28-29,32,36,39,42,47-50,53,55,66-67,70-71,104H,20-27,30-31,33-35,37-38H2,1-14H3,(H16,80,81,82,83,84,85,86,88,89,90,91,92,97,98,99,100,101,102,103,106,107,108);;/q;-1;+3/p-2/t42-,47-,48-,49-,50+,53+,55-,66-,67-,70-,71+,76-,77+,78+,79+;;/m1../s1. The van der Waals surface area contributed by atoms with E-state index in [2.05, 4.69) is 25.9 Å². The third kappa shape index (κ3) is 20.3. The summed E-state index contributed by atoms with van der Waals surface area (Å²) in [4.78, 5) is 157. The third-order valence-corrected chi connectivity index (χ3v) is 25.0. The molecule has 0 saturated carbocycles. The van der Waals surface area contributed by atoms with E-state index in [0.29, 0.717) is 56.4 Å². The second kappa shape index (κ2) is 36.6. The minimum atomic E-state index is -5.51. The molecule has 8 heterocycles. The zero-order valence-corrected chi connectivity index (χ0v) is 70.4. The minimum Gasteiger partial charge on any atom is -0.756 e. The molecule has 0 radical (unpaired) electrons. The fourth-order valence-electron chi connectivity index (χ4n) is 17.7. The monoisotopic (exact) mass is 1680 g/mol. The molecule has 2 aromatic heterocycles. The number of hydrogen-bond donors (Lipinski definition) is 9. The molecule has 2 saturated heterocycles. The largest absolute Gasteiger partial charge is 3.00 e. The SMILES string of the molecule is C/C1=C2/[N-][C@H]([C@H](CC(N)=O)[C@@]2(C)CCC(=O)NC[C@@H](C)OP(=O)([O-])O[C@H]2[C@@H](O)[C@@H](n3cnc4cc(C)c(C)cc43)O[C@@H]2Cn2cc(COC(=O)[C@H](Cc3ccccc3)NC(=O)OC(C)(C)C)nn2)[C@]2(C)N=C(/C(C)=C3N=C(/C=C4N=C1[C@@H](CCC(N)=O)C\4(C)C)[C@@H](CCC(N)=O)[C@]\3(C)CC(N)=O)[C@@H](CCC(N)=O)[C@]2(C)CC(N)=O.[C-]#N.[Co+3]. The molecule has 37 heteroatoms. The maximum Gasteiger partial charge on any atom is 3.00 e. The number of aliphatic hydroxyl groups excluding tert-OH is 1. The molecule has 10 rings (SSSR count). The van der Waals surface area contributed by atoms with Gasteiger partial charge in [-0.3, -0.25) is 53.1 Å². The molecule has 8 amide bonds. The van der Waals surface area contributed by atoms with E-state index < -0.39 is 174 Å². The maximum absolute atomic E-state index is 14.7. The van der Waals surface area contributed by atoms with Crippen molar-refractivity contribution in [3.63, 3.8) is 0 Å². The van der Waals surface area contributed by atoms with Gasteiger partial charge >= 0.3 is 28.8 Å². The average molecular weight is 1680 g/mol. The number of aryl methyl sites for hydroxylation is 2. The van der Waals surface area contributed by atoms with Crippen LogP contribution in [-0.2, 0) is 103 Å². The van der Waals surface area contributed by atoms with Crippen molar-refractivity contribution in [3.05, 3.63) is 124 Å². The summed E-state index contributed by atoms with van der Waals surface area (Å²) in [6.45, 7) is 28.6. The van der Waals surface area contributed by atoms with E-state index in [1.165, 1.54) is 24.1 Å². The molecule has 634 valence electrons. The van der Waals surface area contributed by atoms with Gasteiger partial charge in [-0.2, -0.15) is 5.70 Å². The molecule has 8 bridgehead atoms. The number of nitrogens with two attached hydrogens (primary N) is 6. The van der Waals surface area contributed by atoms with Gasteiger partial charge in [0.05, 0.1) is 47.4 Å². The maximum atomic E-state index is 14.7. The number of carbonyl (C=O) groups excluding carboxylic acids is 9. The Morgan fingerprint density at radius 3 is 2.02 bits per heavy atom. The van der Waals surface area contributed by atoms with E-state index in [9.17, 15) is 57.7 Å². The Morgan fingerprint density at radius 2 is 1.41 bits per heavy atom. The molecule has 16 atom stereocenters. The Hall–Kier alpha value is -9.86. The van der Waals surface area contributed by atoms with Gasteiger partial charge in [-0.05, 0) is 145 Å². The number of esters is 1. The molecule has 0 spiro atoms. The number of hydrogen-bond acceptors (Lipinski definition) is 24. The number of phosphoric ester groups is 1. The number of aliphatic imine (C=N–C) groups is 3. The normalized spacial score (nSPS) is 29.0. The molecule has 2 fully saturated rings. The van der Waals surface area contributed by atoms with Crippen molar-refractivity contribution in [1.82, 2.24) is 35.2 Å². The molecule has 2 aromatic carbocycles. The molecular formula is C80H108CoN18O17P. The van der Waals surface area contributed by atoms with Gasteiger partial charge in [0, 0.05) is 115 Å². The number of aromatic nitrogens is 5. The second-order valence-electron chi connectivity index (χ2n) is 33.7. The number of rotatable bonds is 33. The van der Waals surface area contributed by atoms with Gasteiger partial charge in [-0.25, -0.2) is 19.3 Å². The van der Waals surface area contributed by atoms with Crippen molar-refractivity contribution in [2.75, 3.05) is 6.54 Å². The van der Waals surface area contributed by atoms with Crippen LogP contribution in [0.15, 0.2) is 104 Å². The summed E-state index contributed by atoms with van der Waals surface area (Å²) in [6, 6.07) is 10.4. The smallest absolute Gasteiger partial charge is 0.756 e. The van der Waals surface area contributed by atoms with Gasteiger partial charge in [-0.1, -0.05) is 76.2 Å². The zero-order valence-electron chi connectivity index (χ0n) is 68.4. The molecule has 15 N–H and O–H groups in total. The Morgan fingerprint density at radius 1 is 0.795 bits per heavy atom. The Kier molecular flexibility index (Phi) is 28.9. The Labute approximate surface area is 690 Å². The van der Waals surface area contributed by atoms with Gasteiger partial charge < -0.3 is 100 Å². The van der Waals surface area contributed by atoms with Crippen LogP contribution in [0.5, 0.6) is 0 Å². The van der Waals surface area contributed by atoms with Crippen molar-refractivity contribution in [2.24, 2.45) is 94.7 Å². The number of nitrogens with zero attached hydrogens (tertiary/aromatic N) is 10. The van der Waals surface area contributed by atoms with Gasteiger partial charge in [0.1, 0.15) is 42.3 Å². The first-order valence-corrected chi connectivity index (χ1v) is 40.0. The zero-order chi connectivity index (χ0) is 85.9. The fourth-order valence-corrected chi connectivity index (χ4v) is 18.9. The van der Waals surface area contributed by atoms with Crippen molar-refractivity contribution < 1.29 is 97.8 Å². The number of ether oxygens (including phenoxy) is 3. The van der Waals surface area contributed by atoms with Crippen LogP contribution in [0, 0.1) is 71.0 Å². The molecule has 6 aliphatic heterocycles. The van der Waals surface area contributed by atoms with Crippen LogP contribution in [0.4, 0.5) is 4.79 Å². The van der Waals surface area contributed by atoms with Gasteiger partial charge in [0.25, 0.3) is 7.82 Å². The van der Waals surface area contributed by atoms with E-state index in [0.717, 1.165) is 16.7 Å². The molecule has 4 aromatic rings. The van der Waals surface area contributed by atoms with Crippen molar-refractivity contribution in [1.29, 1.82) is 5.26 Å². The van der Waals surface area contributed by atoms with Crippen LogP contribution in [0.1, 0.15) is 182 Å². The summed E-state index contributed by atoms with van der Waals surface area (Å²) < 4.78 is 46.2. The number of benzene rings is 2. The van der Waals surface area contributed by atoms with Crippen LogP contribution in [0.3, 0.4) is 0 Å². The number of primary amides is 6. The van der Waals surface area contributed by atoms with Crippen molar-refractivity contribution in [3.8, 4) is 0 Å². The van der Waals surface area contributed by atoms with Crippen LogP contribution in [0.25, 0.3) is 16.4 Å². The van der Waals surface area contributed by atoms with Crippen LogP contribution < -0.4 is 49.9 Å². The van der Waals surface area contributed by atoms with E-state index >= 15 is 0 Å². The van der Waals surface area contributed by atoms with Crippen molar-refractivity contribution in [2.45, 2.75) is 241 Å². The number of alkyl carbamates (subject to hydrolysis) is 1.